The summed E-state index contributed by atoms with van der Waals surface area (Å²) in [4.78, 5) is 2.89. The number of hydrogen-bond donors (Lipinski definition) is 3. The first kappa shape index (κ1) is 9.60. The van der Waals surface area contributed by atoms with E-state index in [1.54, 1.807) is 6.07 Å². The molecule has 0 radical (unpaired) electrons. The second kappa shape index (κ2) is 3.66. The number of benzene rings is 1. The van der Waals surface area contributed by atoms with E-state index in [0.717, 1.165) is 5.52 Å². The first-order valence-corrected chi connectivity index (χ1v) is 4.60. The average Bonchev–Trinajstić information content (AvgIpc) is 2.54. The Morgan fingerprint density at radius 3 is 2.80 bits per heavy atom. The summed E-state index contributed by atoms with van der Waals surface area (Å²) in [5, 5.41) is 17.5. The molecule has 0 spiro atoms. The molecule has 2 aromatic rings. The zero-order valence-electron chi connectivity index (χ0n) is 7.64. The number of para-hydroxylation sites is 1. The third-order valence-electron chi connectivity index (χ3n) is 1.91. The molecule has 0 unspecified atom stereocenters. The van der Waals surface area contributed by atoms with Crippen LogP contribution in [0.1, 0.15) is 0 Å². The fraction of sp³-hybridized carbons (Fsp3) is 0. The highest BCUT2D eigenvalue weighted by molar-refractivity contribution is 7.80. The highest BCUT2D eigenvalue weighted by Crippen LogP contribution is 2.34. The van der Waals surface area contributed by atoms with Crippen molar-refractivity contribution in [2.24, 2.45) is 16.0 Å². The highest BCUT2D eigenvalue weighted by Gasteiger charge is 2.08. The van der Waals surface area contributed by atoms with Crippen LogP contribution in [-0.2, 0) is 0 Å². The third kappa shape index (κ3) is 1.79. The minimum absolute atomic E-state index is 0.0469. The Hall–Kier alpha value is -1.95. The molecule has 0 atom stereocenters. The van der Waals surface area contributed by atoms with Crippen molar-refractivity contribution in [3.05, 3.63) is 24.3 Å². The maximum Gasteiger partial charge on any atom is 0.211 e. The van der Waals surface area contributed by atoms with Crippen molar-refractivity contribution in [3.8, 4) is 5.75 Å². The number of aromatic nitrogens is 1. The van der Waals surface area contributed by atoms with Gasteiger partial charge in [-0.3, -0.25) is 0 Å². The van der Waals surface area contributed by atoms with Crippen LogP contribution in [-0.4, -0.2) is 15.2 Å². The minimum Gasteiger partial charge on any atom is -0.504 e. The Labute approximate surface area is 90.6 Å². The molecule has 1 heterocycles. The molecule has 4 N–H and O–H groups in total. The minimum atomic E-state index is -0.0759. The monoisotopic (exact) mass is 220 g/mol. The van der Waals surface area contributed by atoms with Gasteiger partial charge in [0.25, 0.3) is 0 Å². The van der Waals surface area contributed by atoms with Gasteiger partial charge < -0.3 is 15.8 Å². The van der Waals surface area contributed by atoms with Crippen molar-refractivity contribution < 1.29 is 5.11 Å². The lowest BCUT2D eigenvalue weighted by Gasteiger charge is -1.88. The smallest absolute Gasteiger partial charge is 0.211 e. The lowest BCUT2D eigenvalue weighted by Crippen LogP contribution is -2.01. The number of thiocarbonyl (C=S) groups is 1. The summed E-state index contributed by atoms with van der Waals surface area (Å²) >= 11 is 4.54. The molecule has 6 heteroatoms. The van der Waals surface area contributed by atoms with E-state index in [-0.39, 0.29) is 16.7 Å². The van der Waals surface area contributed by atoms with Gasteiger partial charge in [0.1, 0.15) is 0 Å². The Kier molecular flexibility index (Phi) is 2.34. The van der Waals surface area contributed by atoms with Gasteiger partial charge in [-0.25, -0.2) is 0 Å². The molecule has 76 valence electrons. The van der Waals surface area contributed by atoms with E-state index in [4.69, 9.17) is 5.73 Å². The van der Waals surface area contributed by atoms with Gasteiger partial charge in [0.05, 0.1) is 5.52 Å². The van der Waals surface area contributed by atoms with Gasteiger partial charge in [-0.15, -0.1) is 10.2 Å². The van der Waals surface area contributed by atoms with Gasteiger partial charge >= 0.3 is 0 Å². The summed E-state index contributed by atoms with van der Waals surface area (Å²) in [6.45, 7) is 0. The molecule has 0 aliphatic carbocycles. The molecule has 0 aliphatic rings. The Balaban J connectivity index is 2.53. The fourth-order valence-corrected chi connectivity index (χ4v) is 1.33. The number of hydrogen-bond acceptors (Lipinski definition) is 3. The Bertz CT molecular complexity index is 546. The summed E-state index contributed by atoms with van der Waals surface area (Å²) in [5.74, 6) is 0.301. The molecule has 0 amide bonds. The van der Waals surface area contributed by atoms with Crippen LogP contribution >= 0.6 is 12.2 Å². The van der Waals surface area contributed by atoms with Crippen LogP contribution in [0.4, 0.5) is 5.82 Å². The molecule has 5 nitrogen and oxygen atoms in total. The maximum absolute atomic E-state index is 9.73. The van der Waals surface area contributed by atoms with Gasteiger partial charge in [0, 0.05) is 5.39 Å². The quantitative estimate of drug-likeness (QED) is 0.508. The summed E-state index contributed by atoms with van der Waals surface area (Å²) < 4.78 is 0. The van der Waals surface area contributed by atoms with Crippen molar-refractivity contribution in [3.63, 3.8) is 0 Å². The molecule has 2 rings (SSSR count). The van der Waals surface area contributed by atoms with Crippen molar-refractivity contribution in [1.82, 2.24) is 4.98 Å². The number of nitrogens with two attached hydrogens (primary N) is 1. The summed E-state index contributed by atoms with van der Waals surface area (Å²) in [5.41, 5.74) is 5.94. The van der Waals surface area contributed by atoms with Gasteiger partial charge in [-0.2, -0.15) is 0 Å². The zero-order chi connectivity index (χ0) is 10.8. The number of aromatic hydroxyl groups is 1. The molecule has 0 saturated heterocycles. The van der Waals surface area contributed by atoms with E-state index in [1.807, 2.05) is 18.2 Å². The largest absolute Gasteiger partial charge is 0.504 e. The SMILES string of the molecule is NC(=S)/N=N/c1[nH]c2ccccc2c1O. The summed E-state index contributed by atoms with van der Waals surface area (Å²) in [6, 6.07) is 7.28. The normalized spacial score (nSPS) is 11.2. The first-order valence-electron chi connectivity index (χ1n) is 4.19. The van der Waals surface area contributed by atoms with Gasteiger partial charge in [-0.05, 0) is 24.4 Å². The highest BCUT2D eigenvalue weighted by atomic mass is 32.1. The lowest BCUT2D eigenvalue weighted by molar-refractivity contribution is 0.482. The average molecular weight is 220 g/mol. The number of H-pyrrole nitrogens is 1. The molecule has 0 bridgehead atoms. The van der Waals surface area contributed by atoms with Crippen LogP contribution in [0, 0.1) is 0 Å². The van der Waals surface area contributed by atoms with Crippen molar-refractivity contribution in [1.29, 1.82) is 0 Å². The number of aromatic amines is 1. The van der Waals surface area contributed by atoms with Crippen LogP contribution in [0.25, 0.3) is 10.9 Å². The fourth-order valence-electron chi connectivity index (χ4n) is 1.28. The molecule has 0 saturated carbocycles. The van der Waals surface area contributed by atoms with E-state index in [9.17, 15) is 5.11 Å². The summed E-state index contributed by atoms with van der Waals surface area (Å²) in [6.07, 6.45) is 0. The maximum atomic E-state index is 9.73. The zero-order valence-corrected chi connectivity index (χ0v) is 8.45. The number of nitrogens with zero attached hydrogens (tertiary/aromatic N) is 2. The molecule has 15 heavy (non-hydrogen) atoms. The third-order valence-corrected chi connectivity index (χ3v) is 1.99. The topological polar surface area (TPSA) is 86.8 Å². The number of rotatable bonds is 1. The van der Waals surface area contributed by atoms with E-state index >= 15 is 0 Å². The predicted octanol–water partition coefficient (Wildman–Crippen LogP) is 2.20. The van der Waals surface area contributed by atoms with Crippen LogP contribution in [0.15, 0.2) is 34.5 Å². The van der Waals surface area contributed by atoms with E-state index in [0.29, 0.717) is 5.39 Å². The molecule has 1 aromatic heterocycles. The number of azo groups is 1. The predicted molar refractivity (Wildman–Crippen MR) is 61.3 cm³/mol. The molecule has 0 fully saturated rings. The Morgan fingerprint density at radius 1 is 1.40 bits per heavy atom. The summed E-state index contributed by atoms with van der Waals surface area (Å²) in [7, 11) is 0. The Morgan fingerprint density at radius 2 is 2.13 bits per heavy atom. The molecular weight excluding hydrogens is 212 g/mol. The number of fused-ring (bicyclic) bond motifs is 1. The van der Waals surface area contributed by atoms with Crippen molar-refractivity contribution in [2.45, 2.75) is 0 Å². The van der Waals surface area contributed by atoms with Crippen LogP contribution in [0.5, 0.6) is 5.75 Å². The van der Waals surface area contributed by atoms with Gasteiger partial charge in [0.2, 0.25) is 5.11 Å². The van der Waals surface area contributed by atoms with Gasteiger partial charge in [0.15, 0.2) is 11.6 Å². The van der Waals surface area contributed by atoms with E-state index in [2.05, 4.69) is 27.4 Å². The van der Waals surface area contributed by atoms with Crippen LogP contribution in [0.3, 0.4) is 0 Å². The molecule has 0 aliphatic heterocycles. The first-order chi connectivity index (χ1) is 7.18. The molecular formula is C9H8N4OS. The molecule has 1 aromatic carbocycles. The van der Waals surface area contributed by atoms with Crippen LogP contribution in [0.2, 0.25) is 0 Å². The van der Waals surface area contributed by atoms with E-state index in [1.165, 1.54) is 0 Å². The van der Waals surface area contributed by atoms with Crippen molar-refractivity contribution in [2.75, 3.05) is 0 Å². The van der Waals surface area contributed by atoms with E-state index < -0.39 is 0 Å². The van der Waals surface area contributed by atoms with Crippen molar-refractivity contribution >= 4 is 34.1 Å². The second-order valence-corrected chi connectivity index (χ2v) is 3.32. The standard InChI is InChI=1S/C9H8N4OS/c10-9(15)13-12-8-7(14)5-3-1-2-4-6(5)11-8/h1-4,11,14H,(H2,10,15)/b13-12+. The lowest BCUT2D eigenvalue weighted by atomic mass is 10.2. The van der Waals surface area contributed by atoms with Crippen LogP contribution < -0.4 is 5.73 Å². The van der Waals surface area contributed by atoms with Gasteiger partial charge in [-0.1, -0.05) is 12.1 Å². The second-order valence-electron chi connectivity index (χ2n) is 2.91. The number of nitrogens with one attached hydrogen (secondary N) is 1.